The molecule has 0 atom stereocenters. The third-order valence-corrected chi connectivity index (χ3v) is 3.34. The Morgan fingerprint density at radius 2 is 1.88 bits per heavy atom. The average Bonchev–Trinajstić information content (AvgIpc) is 2.57. The van der Waals surface area contributed by atoms with E-state index in [1.54, 1.807) is 19.1 Å². The van der Waals surface area contributed by atoms with E-state index in [2.05, 4.69) is 5.32 Å². The van der Waals surface area contributed by atoms with Crippen molar-refractivity contribution in [2.45, 2.75) is 13.3 Å². The monoisotopic (exact) mass is 344 g/mol. The van der Waals surface area contributed by atoms with Crippen LogP contribution in [0.2, 0.25) is 0 Å². The number of carbonyl (C=O) groups is 2. The molecule has 0 aliphatic carbocycles. The quantitative estimate of drug-likeness (QED) is 0.471. The van der Waals surface area contributed by atoms with Crippen molar-refractivity contribution < 1.29 is 24.4 Å². The molecular formula is C17H16N2O6. The van der Waals surface area contributed by atoms with E-state index in [0.29, 0.717) is 16.8 Å². The molecule has 0 saturated carbocycles. The van der Waals surface area contributed by atoms with Gasteiger partial charge in [-0.3, -0.25) is 19.7 Å². The number of benzene rings is 2. The molecule has 0 fully saturated rings. The first kappa shape index (κ1) is 17.9. The van der Waals surface area contributed by atoms with Gasteiger partial charge in [-0.15, -0.1) is 0 Å². The number of ether oxygens (including phenoxy) is 1. The minimum absolute atomic E-state index is 0.0237. The van der Waals surface area contributed by atoms with Crippen molar-refractivity contribution >= 4 is 23.3 Å². The summed E-state index contributed by atoms with van der Waals surface area (Å²) in [7, 11) is 0. The third kappa shape index (κ3) is 5.31. The number of carbonyl (C=O) groups excluding carboxylic acids is 2. The van der Waals surface area contributed by atoms with Gasteiger partial charge in [0.15, 0.2) is 6.61 Å². The molecule has 2 aromatic rings. The van der Waals surface area contributed by atoms with Crippen LogP contribution in [-0.2, 0) is 20.7 Å². The van der Waals surface area contributed by atoms with Crippen molar-refractivity contribution in [1.82, 2.24) is 0 Å². The normalized spacial score (nSPS) is 10.1. The van der Waals surface area contributed by atoms with E-state index in [-0.39, 0.29) is 17.9 Å². The van der Waals surface area contributed by atoms with Gasteiger partial charge in [0, 0.05) is 17.8 Å². The molecule has 0 aliphatic heterocycles. The highest BCUT2D eigenvalue weighted by Gasteiger charge is 2.12. The number of amides is 1. The van der Waals surface area contributed by atoms with Crippen LogP contribution in [0, 0.1) is 17.0 Å². The Morgan fingerprint density at radius 1 is 1.20 bits per heavy atom. The number of anilines is 1. The minimum atomic E-state index is -0.582. The molecule has 0 radical (unpaired) electrons. The summed E-state index contributed by atoms with van der Waals surface area (Å²) in [4.78, 5) is 33.7. The van der Waals surface area contributed by atoms with Gasteiger partial charge in [0.1, 0.15) is 5.75 Å². The number of rotatable bonds is 6. The Labute approximate surface area is 143 Å². The first-order valence-corrected chi connectivity index (χ1v) is 7.33. The van der Waals surface area contributed by atoms with Gasteiger partial charge in [-0.1, -0.05) is 12.1 Å². The lowest BCUT2D eigenvalue weighted by Gasteiger charge is -2.09. The molecule has 0 spiro atoms. The number of nitro benzene ring substituents is 1. The van der Waals surface area contributed by atoms with E-state index in [1.165, 1.54) is 30.3 Å². The molecule has 25 heavy (non-hydrogen) atoms. The highest BCUT2D eigenvalue weighted by Crippen LogP contribution is 2.21. The van der Waals surface area contributed by atoms with Crippen molar-refractivity contribution in [1.29, 1.82) is 0 Å². The van der Waals surface area contributed by atoms with Crippen molar-refractivity contribution in [3.05, 3.63) is 63.7 Å². The number of esters is 1. The number of aryl methyl sites for hydroxylation is 1. The molecule has 8 nitrogen and oxygen atoms in total. The number of nitrogens with one attached hydrogen (secondary N) is 1. The van der Waals surface area contributed by atoms with Gasteiger partial charge in [-0.05, 0) is 36.2 Å². The van der Waals surface area contributed by atoms with Gasteiger partial charge in [-0.25, -0.2) is 0 Å². The second kappa shape index (κ2) is 7.91. The average molecular weight is 344 g/mol. The summed E-state index contributed by atoms with van der Waals surface area (Å²) in [5.74, 6) is -1.03. The summed E-state index contributed by atoms with van der Waals surface area (Å²) in [6.07, 6.45) is -0.0237. The Morgan fingerprint density at radius 3 is 2.48 bits per heavy atom. The van der Waals surface area contributed by atoms with Crippen LogP contribution in [0.4, 0.5) is 11.4 Å². The fourth-order valence-electron chi connectivity index (χ4n) is 2.07. The maximum absolute atomic E-state index is 11.8. The van der Waals surface area contributed by atoms with Crippen LogP contribution in [0.5, 0.6) is 5.75 Å². The van der Waals surface area contributed by atoms with Crippen LogP contribution in [0.1, 0.15) is 11.1 Å². The summed E-state index contributed by atoms with van der Waals surface area (Å²) in [5, 5.41) is 22.4. The standard InChI is InChI=1S/C17H16N2O6/c1-11-8-13(19(23)24)4-7-15(11)18-16(21)10-25-17(22)9-12-2-5-14(20)6-3-12/h2-8,20H,9-10H2,1H3,(H,18,21). The highest BCUT2D eigenvalue weighted by molar-refractivity contribution is 5.93. The Bertz CT molecular complexity index is 801. The molecular weight excluding hydrogens is 328 g/mol. The molecule has 0 heterocycles. The van der Waals surface area contributed by atoms with Crippen molar-refractivity contribution in [2.24, 2.45) is 0 Å². The molecule has 2 N–H and O–H groups in total. The second-order valence-corrected chi connectivity index (χ2v) is 5.31. The van der Waals surface area contributed by atoms with Gasteiger partial charge in [-0.2, -0.15) is 0 Å². The van der Waals surface area contributed by atoms with Crippen molar-refractivity contribution in [3.8, 4) is 5.75 Å². The smallest absolute Gasteiger partial charge is 0.310 e. The zero-order chi connectivity index (χ0) is 18.4. The van der Waals surface area contributed by atoms with E-state index >= 15 is 0 Å². The van der Waals surface area contributed by atoms with E-state index in [0.717, 1.165) is 0 Å². The SMILES string of the molecule is Cc1cc([N+](=O)[O-])ccc1NC(=O)COC(=O)Cc1ccc(O)cc1. The van der Waals surface area contributed by atoms with E-state index in [1.807, 2.05) is 0 Å². The van der Waals surface area contributed by atoms with Crippen molar-refractivity contribution in [3.63, 3.8) is 0 Å². The summed E-state index contributed by atoms with van der Waals surface area (Å²) in [6, 6.07) is 10.1. The van der Waals surface area contributed by atoms with Crippen LogP contribution in [0.3, 0.4) is 0 Å². The molecule has 1 amide bonds. The molecule has 2 aromatic carbocycles. The number of phenolic OH excluding ortho intramolecular Hbond substituents is 1. The zero-order valence-corrected chi connectivity index (χ0v) is 13.4. The molecule has 8 heteroatoms. The van der Waals surface area contributed by atoms with Crippen LogP contribution in [0.25, 0.3) is 0 Å². The van der Waals surface area contributed by atoms with Crippen LogP contribution in [-0.4, -0.2) is 28.5 Å². The molecule has 0 unspecified atom stereocenters. The number of aromatic hydroxyl groups is 1. The van der Waals surface area contributed by atoms with Crippen LogP contribution in [0.15, 0.2) is 42.5 Å². The fraction of sp³-hybridized carbons (Fsp3) is 0.176. The zero-order valence-electron chi connectivity index (χ0n) is 13.4. The Kier molecular flexibility index (Phi) is 5.67. The van der Waals surface area contributed by atoms with E-state index in [4.69, 9.17) is 4.74 Å². The van der Waals surface area contributed by atoms with Gasteiger partial charge >= 0.3 is 5.97 Å². The van der Waals surface area contributed by atoms with E-state index < -0.39 is 23.4 Å². The number of nitrogens with zero attached hydrogens (tertiary/aromatic N) is 1. The highest BCUT2D eigenvalue weighted by atomic mass is 16.6. The molecule has 0 aromatic heterocycles. The molecule has 0 bridgehead atoms. The summed E-state index contributed by atoms with van der Waals surface area (Å²) in [5.41, 5.74) is 1.51. The lowest BCUT2D eigenvalue weighted by atomic mass is 10.1. The summed E-state index contributed by atoms with van der Waals surface area (Å²) < 4.78 is 4.89. The maximum atomic E-state index is 11.8. The number of hydrogen-bond acceptors (Lipinski definition) is 6. The number of nitro groups is 1. The third-order valence-electron chi connectivity index (χ3n) is 3.34. The largest absolute Gasteiger partial charge is 0.508 e. The number of non-ortho nitro benzene ring substituents is 1. The van der Waals surface area contributed by atoms with E-state index in [9.17, 15) is 24.8 Å². The lowest BCUT2D eigenvalue weighted by molar-refractivity contribution is -0.384. The number of hydrogen-bond donors (Lipinski definition) is 2. The Hall–Kier alpha value is -3.42. The van der Waals surface area contributed by atoms with Gasteiger partial charge in [0.2, 0.25) is 0 Å². The predicted octanol–water partition coefficient (Wildman–Crippen LogP) is 2.33. The van der Waals surface area contributed by atoms with Crippen LogP contribution >= 0.6 is 0 Å². The summed E-state index contributed by atoms with van der Waals surface area (Å²) in [6.45, 7) is 1.16. The molecule has 0 aliphatic rings. The molecule has 0 saturated heterocycles. The Balaban J connectivity index is 1.85. The van der Waals surface area contributed by atoms with Crippen LogP contribution < -0.4 is 5.32 Å². The summed E-state index contributed by atoms with van der Waals surface area (Å²) >= 11 is 0. The van der Waals surface area contributed by atoms with Gasteiger partial charge in [0.05, 0.1) is 11.3 Å². The number of phenols is 1. The first-order valence-electron chi connectivity index (χ1n) is 7.33. The predicted molar refractivity (Wildman–Crippen MR) is 89.2 cm³/mol. The molecule has 130 valence electrons. The van der Waals surface area contributed by atoms with Gasteiger partial charge in [0.25, 0.3) is 11.6 Å². The van der Waals surface area contributed by atoms with Gasteiger partial charge < -0.3 is 15.2 Å². The topological polar surface area (TPSA) is 119 Å². The lowest BCUT2D eigenvalue weighted by Crippen LogP contribution is -2.22. The fourth-order valence-corrected chi connectivity index (χ4v) is 2.07. The maximum Gasteiger partial charge on any atom is 0.310 e. The minimum Gasteiger partial charge on any atom is -0.508 e. The second-order valence-electron chi connectivity index (χ2n) is 5.31. The first-order chi connectivity index (χ1) is 11.8. The van der Waals surface area contributed by atoms with Crippen molar-refractivity contribution in [2.75, 3.05) is 11.9 Å². The molecule has 2 rings (SSSR count).